The number of halogens is 2. The molecular formula is C27H28Cl2N4S2. The van der Waals surface area contributed by atoms with Crippen molar-refractivity contribution < 1.29 is 0 Å². The normalized spacial score (nSPS) is 15.7. The van der Waals surface area contributed by atoms with E-state index >= 15 is 0 Å². The maximum atomic E-state index is 6.36. The zero-order chi connectivity index (χ0) is 24.8. The Labute approximate surface area is 224 Å². The molecule has 3 heterocycles. The lowest BCUT2D eigenvalue weighted by Crippen LogP contribution is -2.34. The number of aromatic nitrogens is 2. The molecule has 4 nitrogen and oxygen atoms in total. The first-order valence-corrected chi connectivity index (χ1v) is 14.2. The van der Waals surface area contributed by atoms with Crippen molar-refractivity contribution in [3.05, 3.63) is 82.0 Å². The summed E-state index contributed by atoms with van der Waals surface area (Å²) >= 11 is 16.1. The standard InChI is InChI=1S/C25H22Cl2N4S2.C2H6/c1-2-28-9-3-4-10-32-15-16-13-31(25-30-21-8-6-18(27)12-23(21)33-25)14-22-24(16)19-11-17(26)5-7-20(19)29-22;1-2/h2,4-12,16,29H,1,3,13-15H2;1-2H3. The summed E-state index contributed by atoms with van der Waals surface area (Å²) in [6, 6.07) is 12.0. The molecule has 182 valence electrons. The molecule has 1 atom stereocenters. The predicted molar refractivity (Wildman–Crippen MR) is 158 cm³/mol. The minimum atomic E-state index is 0.341. The summed E-state index contributed by atoms with van der Waals surface area (Å²) in [6.07, 6.45) is 6.34. The van der Waals surface area contributed by atoms with E-state index in [0.29, 0.717) is 5.92 Å². The fraction of sp³-hybridized carbons (Fsp3) is 0.259. The van der Waals surface area contributed by atoms with Crippen LogP contribution in [0.4, 0.5) is 5.13 Å². The third-order valence-electron chi connectivity index (χ3n) is 5.63. The van der Waals surface area contributed by atoms with Gasteiger partial charge in [-0.3, -0.25) is 4.99 Å². The third-order valence-corrected chi connectivity index (χ3v) is 8.16. The summed E-state index contributed by atoms with van der Waals surface area (Å²) in [7, 11) is 0. The van der Waals surface area contributed by atoms with Gasteiger partial charge in [0.15, 0.2) is 5.13 Å². The summed E-state index contributed by atoms with van der Waals surface area (Å²) in [4.78, 5) is 15.0. The molecule has 5 rings (SSSR count). The van der Waals surface area contributed by atoms with Crippen molar-refractivity contribution in [3.8, 4) is 0 Å². The molecule has 0 spiro atoms. The molecule has 2 aromatic carbocycles. The molecular weight excluding hydrogens is 515 g/mol. The molecule has 2 aromatic heterocycles. The van der Waals surface area contributed by atoms with Crippen molar-refractivity contribution >= 4 is 78.8 Å². The fourth-order valence-electron chi connectivity index (χ4n) is 4.24. The van der Waals surface area contributed by atoms with Gasteiger partial charge in [0.2, 0.25) is 0 Å². The smallest absolute Gasteiger partial charge is 0.186 e. The van der Waals surface area contributed by atoms with E-state index in [1.54, 1.807) is 17.5 Å². The van der Waals surface area contributed by atoms with E-state index in [9.17, 15) is 0 Å². The van der Waals surface area contributed by atoms with E-state index in [2.05, 4.69) is 45.1 Å². The fourth-order valence-corrected chi connectivity index (χ4v) is 6.52. The minimum Gasteiger partial charge on any atom is -0.357 e. The molecule has 0 amide bonds. The Kier molecular flexibility index (Phi) is 8.95. The lowest BCUT2D eigenvalue weighted by atomic mass is 9.93. The second-order valence-electron chi connectivity index (χ2n) is 7.85. The van der Waals surface area contributed by atoms with Crippen LogP contribution in [-0.2, 0) is 6.54 Å². The van der Waals surface area contributed by atoms with Crippen molar-refractivity contribution in [1.82, 2.24) is 9.97 Å². The summed E-state index contributed by atoms with van der Waals surface area (Å²) in [5, 5.41) is 5.92. The second-order valence-corrected chi connectivity index (χ2v) is 10.7. The number of allylic oxidation sites excluding steroid dienone is 1. The number of anilines is 1. The molecule has 8 heteroatoms. The molecule has 4 aromatic rings. The minimum absolute atomic E-state index is 0.341. The van der Waals surface area contributed by atoms with Crippen LogP contribution in [0.1, 0.15) is 37.4 Å². The highest BCUT2D eigenvalue weighted by Gasteiger charge is 2.30. The first-order chi connectivity index (χ1) is 17.1. The molecule has 0 saturated carbocycles. The lowest BCUT2D eigenvalue weighted by Gasteiger charge is -2.32. The number of hydrogen-bond donors (Lipinski definition) is 1. The number of thioether (sulfide) groups is 1. The molecule has 0 aliphatic carbocycles. The maximum Gasteiger partial charge on any atom is 0.186 e. The lowest BCUT2D eigenvalue weighted by molar-refractivity contribution is 0.643. The first-order valence-electron chi connectivity index (χ1n) is 11.6. The van der Waals surface area contributed by atoms with Gasteiger partial charge < -0.3 is 9.88 Å². The van der Waals surface area contributed by atoms with Gasteiger partial charge in [-0.25, -0.2) is 4.98 Å². The van der Waals surface area contributed by atoms with Crippen molar-refractivity contribution in [3.63, 3.8) is 0 Å². The molecule has 0 bridgehead atoms. The monoisotopic (exact) mass is 542 g/mol. The van der Waals surface area contributed by atoms with Crippen LogP contribution in [-0.4, -0.2) is 28.5 Å². The number of benzene rings is 2. The zero-order valence-electron chi connectivity index (χ0n) is 19.8. The number of nitrogens with one attached hydrogen (secondary N) is 1. The van der Waals surface area contributed by atoms with E-state index in [4.69, 9.17) is 28.2 Å². The van der Waals surface area contributed by atoms with Gasteiger partial charge in [-0.1, -0.05) is 61.0 Å². The van der Waals surface area contributed by atoms with Crippen LogP contribution >= 0.6 is 46.3 Å². The van der Waals surface area contributed by atoms with E-state index in [0.717, 1.165) is 56.2 Å². The molecule has 0 radical (unpaired) electrons. The Morgan fingerprint density at radius 1 is 1.23 bits per heavy atom. The molecule has 0 fully saturated rings. The summed E-state index contributed by atoms with van der Waals surface area (Å²) in [6.45, 7) is 9.30. The highest BCUT2D eigenvalue weighted by Crippen LogP contribution is 2.41. The Morgan fingerprint density at radius 3 is 2.86 bits per heavy atom. The van der Waals surface area contributed by atoms with Crippen LogP contribution in [0.3, 0.4) is 0 Å². The van der Waals surface area contributed by atoms with Crippen LogP contribution in [0.2, 0.25) is 10.0 Å². The number of thiazole rings is 1. The van der Waals surface area contributed by atoms with Gasteiger partial charge in [0.05, 0.1) is 16.8 Å². The van der Waals surface area contributed by atoms with Gasteiger partial charge in [-0.2, -0.15) is 0 Å². The van der Waals surface area contributed by atoms with Crippen LogP contribution in [0.15, 0.2) is 65.7 Å². The highest BCUT2D eigenvalue weighted by atomic mass is 35.5. The van der Waals surface area contributed by atoms with Crippen molar-refractivity contribution in [2.24, 2.45) is 4.99 Å². The van der Waals surface area contributed by atoms with Crippen LogP contribution in [0.5, 0.6) is 0 Å². The quantitative estimate of drug-likeness (QED) is 0.237. The number of aliphatic imine (C=N–C) groups is 1. The molecule has 1 aliphatic heterocycles. The summed E-state index contributed by atoms with van der Waals surface area (Å²) < 4.78 is 1.11. The predicted octanol–water partition coefficient (Wildman–Crippen LogP) is 9.07. The van der Waals surface area contributed by atoms with Gasteiger partial charge in [0.1, 0.15) is 0 Å². The summed E-state index contributed by atoms with van der Waals surface area (Å²) in [5.74, 6) is 1.31. The number of H-pyrrole nitrogens is 1. The van der Waals surface area contributed by atoms with Crippen LogP contribution < -0.4 is 4.90 Å². The number of fused-ring (bicyclic) bond motifs is 4. The number of rotatable bonds is 7. The Balaban J connectivity index is 0.00000141. The molecule has 35 heavy (non-hydrogen) atoms. The molecule has 1 aliphatic rings. The van der Waals surface area contributed by atoms with Gasteiger partial charge in [-0.15, -0.1) is 11.8 Å². The summed E-state index contributed by atoms with van der Waals surface area (Å²) in [5.41, 5.74) is 4.74. The largest absolute Gasteiger partial charge is 0.357 e. The van der Waals surface area contributed by atoms with Gasteiger partial charge in [0.25, 0.3) is 0 Å². The van der Waals surface area contributed by atoms with Crippen LogP contribution in [0.25, 0.3) is 21.1 Å². The topological polar surface area (TPSA) is 44.3 Å². The van der Waals surface area contributed by atoms with Gasteiger partial charge in [-0.05, 0) is 47.4 Å². The van der Waals surface area contributed by atoms with Crippen molar-refractivity contribution in [1.29, 1.82) is 0 Å². The number of hydrogen-bond acceptors (Lipinski definition) is 5. The second kappa shape index (κ2) is 12.1. The number of nitrogens with zero attached hydrogens (tertiary/aromatic N) is 3. The average Bonchev–Trinajstić information content (AvgIpc) is 3.45. The van der Waals surface area contributed by atoms with Gasteiger partial charge in [0, 0.05) is 63.7 Å². The van der Waals surface area contributed by atoms with E-state index in [-0.39, 0.29) is 0 Å². The SMILES string of the molecule is C=CN=CCC=CSCC1CN(c2nc3ccc(Cl)cc3s2)Cc2[nH]c3ccc(Cl)cc3c21.CC. The first kappa shape index (κ1) is 25.8. The maximum absolute atomic E-state index is 6.36. The Hall–Kier alpha value is -2.25. The Bertz CT molecular complexity index is 1370. The Morgan fingerprint density at radius 2 is 2.03 bits per heavy atom. The van der Waals surface area contributed by atoms with E-state index in [1.165, 1.54) is 16.6 Å². The van der Waals surface area contributed by atoms with Crippen molar-refractivity contribution in [2.45, 2.75) is 32.7 Å². The molecule has 1 unspecified atom stereocenters. The highest BCUT2D eigenvalue weighted by molar-refractivity contribution is 8.02. The van der Waals surface area contributed by atoms with Crippen molar-refractivity contribution in [2.75, 3.05) is 17.2 Å². The zero-order valence-corrected chi connectivity index (χ0v) is 22.9. The molecule has 1 N–H and O–H groups in total. The average molecular weight is 544 g/mol. The number of aromatic amines is 1. The van der Waals surface area contributed by atoms with Gasteiger partial charge >= 0.3 is 0 Å². The van der Waals surface area contributed by atoms with Crippen LogP contribution in [0, 0.1) is 0 Å². The van der Waals surface area contributed by atoms with E-state index < -0.39 is 0 Å². The molecule has 0 saturated heterocycles. The van der Waals surface area contributed by atoms with E-state index in [1.807, 2.05) is 56.1 Å². The third kappa shape index (κ3) is 5.95.